The first kappa shape index (κ1) is 11.6. The normalized spacial score (nSPS) is 10.8. The summed E-state index contributed by atoms with van der Waals surface area (Å²) in [5.74, 6) is 0. The summed E-state index contributed by atoms with van der Waals surface area (Å²) in [6, 6.07) is 7.92. The van der Waals surface area contributed by atoms with Crippen LogP contribution in [0.4, 0.5) is 0 Å². The van der Waals surface area contributed by atoms with Gasteiger partial charge in [0.15, 0.2) is 6.29 Å². The molecule has 1 aromatic heterocycles. The second kappa shape index (κ2) is 4.53. The first-order valence-electron chi connectivity index (χ1n) is 5.74. The summed E-state index contributed by atoms with van der Waals surface area (Å²) in [5, 5.41) is 4.37. The molecule has 0 aliphatic rings. The molecule has 0 saturated heterocycles. The smallest absolute Gasteiger partial charge is 0.150 e. The van der Waals surface area contributed by atoms with Gasteiger partial charge in [0.25, 0.3) is 0 Å². The quantitative estimate of drug-likeness (QED) is 0.756. The summed E-state index contributed by atoms with van der Waals surface area (Å²) in [7, 11) is 0. The van der Waals surface area contributed by atoms with Crippen molar-refractivity contribution >= 4 is 6.29 Å². The molecule has 3 nitrogen and oxygen atoms in total. The summed E-state index contributed by atoms with van der Waals surface area (Å²) in [5.41, 5.74) is 3.78. The summed E-state index contributed by atoms with van der Waals surface area (Å²) in [6.07, 6.45) is 2.72. The lowest BCUT2D eigenvalue weighted by molar-refractivity contribution is 0.112. The van der Waals surface area contributed by atoms with Crippen LogP contribution < -0.4 is 0 Å². The average Bonchev–Trinajstić information content (AvgIpc) is 2.71. The Labute approximate surface area is 101 Å². The van der Waals surface area contributed by atoms with Gasteiger partial charge in [-0.1, -0.05) is 24.3 Å². The van der Waals surface area contributed by atoms with Gasteiger partial charge >= 0.3 is 0 Å². The fourth-order valence-corrected chi connectivity index (χ4v) is 2.05. The molecule has 3 heteroatoms. The van der Waals surface area contributed by atoms with Crippen LogP contribution in [0.25, 0.3) is 11.1 Å². The van der Waals surface area contributed by atoms with Crippen LogP contribution in [0.15, 0.2) is 30.5 Å². The van der Waals surface area contributed by atoms with E-state index in [0.29, 0.717) is 11.6 Å². The Kier molecular flexibility index (Phi) is 3.09. The largest absolute Gasteiger partial charge is 0.298 e. The molecule has 0 aliphatic heterocycles. The minimum atomic E-state index is 0.326. The van der Waals surface area contributed by atoms with Crippen LogP contribution in [0.3, 0.4) is 0 Å². The average molecular weight is 228 g/mol. The van der Waals surface area contributed by atoms with Crippen molar-refractivity contribution in [3.63, 3.8) is 0 Å². The Morgan fingerprint density at radius 2 is 1.94 bits per heavy atom. The third-order valence-corrected chi connectivity index (χ3v) is 2.91. The van der Waals surface area contributed by atoms with Gasteiger partial charge in [0, 0.05) is 22.9 Å². The lowest BCUT2D eigenvalue weighted by Crippen LogP contribution is -2.04. The lowest BCUT2D eigenvalue weighted by atomic mass is 10.0. The van der Waals surface area contributed by atoms with E-state index in [1.165, 1.54) is 0 Å². The van der Waals surface area contributed by atoms with Gasteiger partial charge in [-0.2, -0.15) is 5.10 Å². The number of rotatable bonds is 3. The highest BCUT2D eigenvalue weighted by Gasteiger charge is 2.12. The number of hydrogen-bond acceptors (Lipinski definition) is 2. The van der Waals surface area contributed by atoms with Crippen LogP contribution >= 0.6 is 0 Å². The highest BCUT2D eigenvalue weighted by molar-refractivity contribution is 5.87. The molecule has 0 unspecified atom stereocenters. The maximum absolute atomic E-state index is 11.0. The van der Waals surface area contributed by atoms with Crippen molar-refractivity contribution < 1.29 is 4.79 Å². The molecule has 0 aliphatic carbocycles. The summed E-state index contributed by atoms with van der Waals surface area (Å²) in [4.78, 5) is 11.0. The van der Waals surface area contributed by atoms with Gasteiger partial charge in [-0.3, -0.25) is 9.48 Å². The minimum absolute atomic E-state index is 0.326. The van der Waals surface area contributed by atoms with Crippen LogP contribution in [0.2, 0.25) is 0 Å². The SMILES string of the molecule is Cc1c(-c2ccccc2C=O)cnn1C(C)C. The Hall–Kier alpha value is -1.90. The van der Waals surface area contributed by atoms with Gasteiger partial charge in [-0.05, 0) is 26.3 Å². The van der Waals surface area contributed by atoms with Gasteiger partial charge in [0.2, 0.25) is 0 Å². The zero-order chi connectivity index (χ0) is 12.4. The van der Waals surface area contributed by atoms with Gasteiger partial charge in [0.1, 0.15) is 0 Å². The molecule has 0 spiro atoms. The monoisotopic (exact) mass is 228 g/mol. The number of carbonyl (C=O) groups excluding carboxylic acids is 1. The summed E-state index contributed by atoms with van der Waals surface area (Å²) in [6.45, 7) is 6.22. The molecule has 0 amide bonds. The molecule has 88 valence electrons. The highest BCUT2D eigenvalue weighted by Crippen LogP contribution is 2.27. The molecule has 2 rings (SSSR count). The molecule has 1 aromatic carbocycles. The van der Waals surface area contributed by atoms with Crippen LogP contribution in [0, 0.1) is 6.92 Å². The predicted molar refractivity (Wildman–Crippen MR) is 68.2 cm³/mol. The zero-order valence-corrected chi connectivity index (χ0v) is 10.3. The molecule has 0 N–H and O–H groups in total. The Morgan fingerprint density at radius 3 is 2.53 bits per heavy atom. The minimum Gasteiger partial charge on any atom is -0.298 e. The lowest BCUT2D eigenvalue weighted by Gasteiger charge is -2.09. The van der Waals surface area contributed by atoms with E-state index < -0.39 is 0 Å². The fourth-order valence-electron chi connectivity index (χ4n) is 2.05. The third-order valence-electron chi connectivity index (χ3n) is 2.91. The molecule has 2 aromatic rings. The van der Waals surface area contributed by atoms with Crippen LogP contribution in [0.5, 0.6) is 0 Å². The van der Waals surface area contributed by atoms with Gasteiger partial charge < -0.3 is 0 Å². The number of nitrogens with zero attached hydrogens (tertiary/aromatic N) is 2. The van der Waals surface area contributed by atoms with Crippen molar-refractivity contribution in [2.45, 2.75) is 26.8 Å². The van der Waals surface area contributed by atoms with Crippen molar-refractivity contribution in [2.75, 3.05) is 0 Å². The van der Waals surface area contributed by atoms with E-state index in [1.54, 1.807) is 0 Å². The van der Waals surface area contributed by atoms with Crippen molar-refractivity contribution in [3.05, 3.63) is 41.7 Å². The highest BCUT2D eigenvalue weighted by atomic mass is 16.1. The second-order valence-corrected chi connectivity index (χ2v) is 4.39. The molecular weight excluding hydrogens is 212 g/mol. The summed E-state index contributed by atoms with van der Waals surface area (Å²) < 4.78 is 1.97. The number of benzene rings is 1. The molecule has 0 atom stereocenters. The van der Waals surface area contributed by atoms with E-state index in [0.717, 1.165) is 23.1 Å². The van der Waals surface area contributed by atoms with Crippen molar-refractivity contribution in [2.24, 2.45) is 0 Å². The van der Waals surface area contributed by atoms with E-state index in [-0.39, 0.29) is 0 Å². The van der Waals surface area contributed by atoms with E-state index in [4.69, 9.17) is 0 Å². The maximum atomic E-state index is 11.0. The van der Waals surface area contributed by atoms with E-state index >= 15 is 0 Å². The maximum Gasteiger partial charge on any atom is 0.150 e. The van der Waals surface area contributed by atoms with Crippen LogP contribution in [-0.4, -0.2) is 16.1 Å². The number of aromatic nitrogens is 2. The van der Waals surface area contributed by atoms with Crippen molar-refractivity contribution in [3.8, 4) is 11.1 Å². The third kappa shape index (κ3) is 2.00. The molecule has 0 fully saturated rings. The first-order valence-corrected chi connectivity index (χ1v) is 5.74. The van der Waals surface area contributed by atoms with E-state index in [9.17, 15) is 4.79 Å². The molecule has 17 heavy (non-hydrogen) atoms. The molecule has 0 bridgehead atoms. The topological polar surface area (TPSA) is 34.9 Å². The standard InChI is InChI=1S/C14H16N2O/c1-10(2)16-11(3)14(8-15-16)13-7-5-4-6-12(13)9-17/h4-10H,1-3H3. The number of hydrogen-bond donors (Lipinski definition) is 0. The van der Waals surface area contributed by atoms with Gasteiger partial charge in [0.05, 0.1) is 6.20 Å². The number of carbonyl (C=O) groups is 1. The first-order chi connectivity index (χ1) is 8.15. The second-order valence-electron chi connectivity index (χ2n) is 4.39. The molecule has 1 heterocycles. The number of aldehydes is 1. The van der Waals surface area contributed by atoms with E-state index in [1.807, 2.05) is 42.1 Å². The van der Waals surface area contributed by atoms with Crippen molar-refractivity contribution in [1.29, 1.82) is 0 Å². The van der Waals surface area contributed by atoms with Crippen molar-refractivity contribution in [1.82, 2.24) is 9.78 Å². The van der Waals surface area contributed by atoms with Crippen LogP contribution in [-0.2, 0) is 0 Å². The predicted octanol–water partition coefficient (Wildman–Crippen LogP) is 3.25. The Balaban J connectivity index is 2.57. The zero-order valence-electron chi connectivity index (χ0n) is 10.3. The molecule has 0 radical (unpaired) electrons. The van der Waals surface area contributed by atoms with Gasteiger partial charge in [-0.15, -0.1) is 0 Å². The van der Waals surface area contributed by atoms with E-state index in [2.05, 4.69) is 18.9 Å². The molecular formula is C14H16N2O. The Bertz CT molecular complexity index is 541. The van der Waals surface area contributed by atoms with Gasteiger partial charge in [-0.25, -0.2) is 0 Å². The summed E-state index contributed by atoms with van der Waals surface area (Å²) >= 11 is 0. The molecule has 0 saturated carbocycles. The van der Waals surface area contributed by atoms with Crippen LogP contribution in [0.1, 0.15) is 35.9 Å². The Morgan fingerprint density at radius 1 is 1.24 bits per heavy atom. The fraction of sp³-hybridized carbons (Fsp3) is 0.286.